The SMILES string of the molecule is CCc1cc(Br)cc2c(C(=O)O)c(C)c(=O)n(C)c12. The molecule has 0 saturated heterocycles. The van der Waals surface area contributed by atoms with Gasteiger partial charge in [-0.25, -0.2) is 4.79 Å². The fourth-order valence-electron chi connectivity index (χ4n) is 2.45. The van der Waals surface area contributed by atoms with Crippen molar-refractivity contribution in [2.24, 2.45) is 7.05 Å². The van der Waals surface area contributed by atoms with Crippen molar-refractivity contribution < 1.29 is 9.90 Å². The molecular formula is C14H14BrNO3. The van der Waals surface area contributed by atoms with Crippen molar-refractivity contribution in [1.29, 1.82) is 0 Å². The lowest BCUT2D eigenvalue weighted by Crippen LogP contribution is -2.24. The lowest BCUT2D eigenvalue weighted by atomic mass is 10.00. The van der Waals surface area contributed by atoms with Gasteiger partial charge in [0.1, 0.15) is 0 Å². The van der Waals surface area contributed by atoms with Crippen LogP contribution < -0.4 is 5.56 Å². The summed E-state index contributed by atoms with van der Waals surface area (Å²) in [4.78, 5) is 23.6. The summed E-state index contributed by atoms with van der Waals surface area (Å²) in [5, 5.41) is 9.97. The van der Waals surface area contributed by atoms with Gasteiger partial charge in [-0.15, -0.1) is 0 Å². The molecule has 0 unspecified atom stereocenters. The van der Waals surface area contributed by atoms with Crippen molar-refractivity contribution in [3.63, 3.8) is 0 Å². The third kappa shape index (κ3) is 2.08. The number of fused-ring (bicyclic) bond motifs is 1. The second kappa shape index (κ2) is 4.81. The van der Waals surface area contributed by atoms with E-state index in [0.29, 0.717) is 10.9 Å². The number of nitrogens with zero attached hydrogens (tertiary/aromatic N) is 1. The van der Waals surface area contributed by atoms with Crippen LogP contribution in [0.4, 0.5) is 0 Å². The number of aromatic nitrogens is 1. The molecule has 1 aromatic carbocycles. The molecule has 0 amide bonds. The van der Waals surface area contributed by atoms with Crippen LogP contribution in [0.25, 0.3) is 10.9 Å². The lowest BCUT2D eigenvalue weighted by molar-refractivity contribution is 0.0698. The van der Waals surface area contributed by atoms with Crippen LogP contribution in [0.2, 0.25) is 0 Å². The number of benzene rings is 1. The lowest BCUT2D eigenvalue weighted by Gasteiger charge is -2.14. The number of hydrogen-bond acceptors (Lipinski definition) is 2. The van der Waals surface area contributed by atoms with E-state index in [-0.39, 0.29) is 16.7 Å². The number of pyridine rings is 1. The summed E-state index contributed by atoms with van der Waals surface area (Å²) < 4.78 is 2.35. The van der Waals surface area contributed by atoms with Crippen molar-refractivity contribution >= 4 is 32.8 Å². The van der Waals surface area contributed by atoms with E-state index in [2.05, 4.69) is 15.9 Å². The first kappa shape index (κ1) is 13.8. The molecule has 0 saturated carbocycles. The first-order valence-electron chi connectivity index (χ1n) is 5.93. The summed E-state index contributed by atoms with van der Waals surface area (Å²) in [5.41, 5.74) is 1.74. The van der Waals surface area contributed by atoms with Crippen LogP contribution in [0.3, 0.4) is 0 Å². The van der Waals surface area contributed by atoms with Gasteiger partial charge in [-0.05, 0) is 31.0 Å². The molecule has 2 aromatic rings. The molecule has 1 aromatic heterocycles. The number of halogens is 1. The normalized spacial score (nSPS) is 10.9. The summed E-state index contributed by atoms with van der Waals surface area (Å²) >= 11 is 3.39. The molecule has 100 valence electrons. The Morgan fingerprint density at radius 1 is 1.42 bits per heavy atom. The van der Waals surface area contributed by atoms with E-state index in [0.717, 1.165) is 16.5 Å². The zero-order valence-electron chi connectivity index (χ0n) is 11.0. The van der Waals surface area contributed by atoms with Crippen LogP contribution in [0.15, 0.2) is 21.4 Å². The van der Waals surface area contributed by atoms with Crippen LogP contribution >= 0.6 is 15.9 Å². The van der Waals surface area contributed by atoms with E-state index < -0.39 is 5.97 Å². The van der Waals surface area contributed by atoms with Crippen molar-refractivity contribution in [2.45, 2.75) is 20.3 Å². The molecule has 0 spiro atoms. The first-order chi connectivity index (χ1) is 8.88. The number of carbonyl (C=O) groups is 1. The smallest absolute Gasteiger partial charge is 0.336 e. The largest absolute Gasteiger partial charge is 0.478 e. The van der Waals surface area contributed by atoms with Crippen molar-refractivity contribution in [1.82, 2.24) is 4.57 Å². The fraction of sp³-hybridized carbons (Fsp3) is 0.286. The summed E-state index contributed by atoms with van der Waals surface area (Å²) in [6, 6.07) is 3.67. The number of aryl methyl sites for hydroxylation is 2. The van der Waals surface area contributed by atoms with E-state index in [1.54, 1.807) is 20.0 Å². The number of aromatic carboxylic acids is 1. The molecule has 0 bridgehead atoms. The predicted octanol–water partition coefficient (Wildman–Crippen LogP) is 2.87. The third-order valence-corrected chi connectivity index (χ3v) is 3.81. The summed E-state index contributed by atoms with van der Waals surface area (Å²) in [6.07, 6.45) is 0.728. The summed E-state index contributed by atoms with van der Waals surface area (Å²) in [6.45, 7) is 3.53. The Bertz CT molecular complexity index is 747. The van der Waals surface area contributed by atoms with Gasteiger partial charge in [-0.3, -0.25) is 4.79 Å². The van der Waals surface area contributed by atoms with Crippen LogP contribution in [-0.4, -0.2) is 15.6 Å². The number of hydrogen-bond donors (Lipinski definition) is 1. The van der Waals surface area contributed by atoms with Gasteiger partial charge in [0.2, 0.25) is 0 Å². The fourth-order valence-corrected chi connectivity index (χ4v) is 2.95. The maximum atomic E-state index is 12.1. The molecule has 2 rings (SSSR count). The van der Waals surface area contributed by atoms with Crippen molar-refractivity contribution in [3.8, 4) is 0 Å². The van der Waals surface area contributed by atoms with Gasteiger partial charge >= 0.3 is 5.97 Å². The number of rotatable bonds is 2. The van der Waals surface area contributed by atoms with Gasteiger partial charge in [0.05, 0.1) is 11.1 Å². The van der Waals surface area contributed by atoms with Crippen molar-refractivity contribution in [3.05, 3.63) is 43.6 Å². The zero-order chi connectivity index (χ0) is 14.3. The second-order valence-electron chi connectivity index (χ2n) is 4.48. The quantitative estimate of drug-likeness (QED) is 0.924. The molecule has 0 atom stereocenters. The van der Waals surface area contributed by atoms with Crippen LogP contribution in [-0.2, 0) is 13.5 Å². The molecule has 0 aliphatic heterocycles. The minimum absolute atomic E-state index is 0.0918. The molecule has 0 radical (unpaired) electrons. The molecule has 1 N–H and O–H groups in total. The van der Waals surface area contributed by atoms with E-state index in [4.69, 9.17) is 0 Å². The highest BCUT2D eigenvalue weighted by atomic mass is 79.9. The molecule has 1 heterocycles. The highest BCUT2D eigenvalue weighted by molar-refractivity contribution is 9.10. The highest BCUT2D eigenvalue weighted by Gasteiger charge is 2.19. The second-order valence-corrected chi connectivity index (χ2v) is 5.40. The Kier molecular flexibility index (Phi) is 3.49. The van der Waals surface area contributed by atoms with Gasteiger partial charge in [0.15, 0.2) is 0 Å². The standard InChI is InChI=1S/C14H14BrNO3/c1-4-8-5-9(15)6-10-11(14(18)19)7(2)13(17)16(3)12(8)10/h5-6H,4H2,1-3H3,(H,18,19). The van der Waals surface area contributed by atoms with Gasteiger partial charge < -0.3 is 9.67 Å². The molecule has 19 heavy (non-hydrogen) atoms. The molecule has 0 aliphatic carbocycles. The monoisotopic (exact) mass is 323 g/mol. The minimum atomic E-state index is -1.07. The van der Waals surface area contributed by atoms with E-state index in [9.17, 15) is 14.7 Å². The topological polar surface area (TPSA) is 59.3 Å². The maximum absolute atomic E-state index is 12.1. The van der Waals surface area contributed by atoms with Gasteiger partial charge in [0.25, 0.3) is 5.56 Å². The van der Waals surface area contributed by atoms with E-state index in [1.165, 1.54) is 4.57 Å². The summed E-state index contributed by atoms with van der Waals surface area (Å²) in [5.74, 6) is -1.07. The molecule has 4 nitrogen and oxygen atoms in total. The first-order valence-corrected chi connectivity index (χ1v) is 6.72. The molecule has 0 fully saturated rings. The van der Waals surface area contributed by atoms with Crippen molar-refractivity contribution in [2.75, 3.05) is 0 Å². The Morgan fingerprint density at radius 3 is 2.58 bits per heavy atom. The zero-order valence-corrected chi connectivity index (χ0v) is 12.5. The maximum Gasteiger partial charge on any atom is 0.336 e. The minimum Gasteiger partial charge on any atom is -0.478 e. The number of carboxylic acid groups (broad SMARTS) is 1. The Balaban J connectivity index is 3.16. The predicted molar refractivity (Wildman–Crippen MR) is 78.0 cm³/mol. The molecule has 5 heteroatoms. The van der Waals surface area contributed by atoms with Gasteiger partial charge in [0, 0.05) is 22.5 Å². The van der Waals surface area contributed by atoms with E-state index in [1.807, 2.05) is 13.0 Å². The van der Waals surface area contributed by atoms with Crippen LogP contribution in [0.5, 0.6) is 0 Å². The Hall–Kier alpha value is -1.62. The average molecular weight is 324 g/mol. The molecular weight excluding hydrogens is 310 g/mol. The van der Waals surface area contributed by atoms with Gasteiger partial charge in [-0.2, -0.15) is 0 Å². The number of carboxylic acids is 1. The average Bonchev–Trinajstić information content (AvgIpc) is 2.34. The Morgan fingerprint density at radius 2 is 2.05 bits per heavy atom. The van der Waals surface area contributed by atoms with Crippen LogP contribution in [0.1, 0.15) is 28.4 Å². The van der Waals surface area contributed by atoms with E-state index >= 15 is 0 Å². The third-order valence-electron chi connectivity index (χ3n) is 3.35. The highest BCUT2D eigenvalue weighted by Crippen LogP contribution is 2.27. The van der Waals surface area contributed by atoms with Gasteiger partial charge in [-0.1, -0.05) is 22.9 Å². The van der Waals surface area contributed by atoms with Crippen LogP contribution in [0, 0.1) is 6.92 Å². The Labute approximate surface area is 118 Å². The summed E-state index contributed by atoms with van der Waals surface area (Å²) in [7, 11) is 1.68. The molecule has 0 aliphatic rings.